The number of sulfonamides is 1. The highest BCUT2D eigenvalue weighted by molar-refractivity contribution is 7.92. The number of halogens is 1. The molecule has 0 spiro atoms. The summed E-state index contributed by atoms with van der Waals surface area (Å²) in [7, 11) is -2.26. The summed E-state index contributed by atoms with van der Waals surface area (Å²) in [5, 5.41) is 9.24. The summed E-state index contributed by atoms with van der Waals surface area (Å²) in [6.07, 6.45) is 0. The third-order valence-corrected chi connectivity index (χ3v) is 4.56. The molecule has 0 atom stereocenters. The highest BCUT2D eigenvalue weighted by Crippen LogP contribution is 2.24. The van der Waals surface area contributed by atoms with Gasteiger partial charge in [-0.15, -0.1) is 0 Å². The van der Waals surface area contributed by atoms with Crippen LogP contribution >= 0.6 is 11.6 Å². The van der Waals surface area contributed by atoms with Crippen molar-refractivity contribution in [1.29, 1.82) is 0 Å². The highest BCUT2D eigenvalue weighted by atomic mass is 35.5. The molecule has 0 amide bonds. The van der Waals surface area contributed by atoms with Gasteiger partial charge in [-0.2, -0.15) is 0 Å². The van der Waals surface area contributed by atoms with Gasteiger partial charge in [0.2, 0.25) is 0 Å². The number of rotatable bonds is 5. The Hall–Kier alpha value is -1.76. The molecule has 0 radical (unpaired) electrons. The molecule has 2 aromatic carbocycles. The van der Waals surface area contributed by atoms with Crippen molar-refractivity contribution in [2.75, 3.05) is 11.8 Å². The van der Waals surface area contributed by atoms with E-state index in [1.807, 2.05) is 0 Å². The maximum atomic E-state index is 12.3. The lowest BCUT2D eigenvalue weighted by molar-refractivity contribution is 0.282. The summed E-state index contributed by atoms with van der Waals surface area (Å²) in [5.74, 6) is 0.545. The van der Waals surface area contributed by atoms with Crippen LogP contribution in [0, 0.1) is 0 Å². The van der Waals surface area contributed by atoms with Gasteiger partial charge in [-0.25, -0.2) is 8.42 Å². The molecule has 0 heterocycles. The first-order chi connectivity index (χ1) is 9.96. The normalized spacial score (nSPS) is 11.2. The molecule has 0 saturated heterocycles. The Bertz CT molecular complexity index is 746. The van der Waals surface area contributed by atoms with E-state index < -0.39 is 10.0 Å². The van der Waals surface area contributed by atoms with Crippen molar-refractivity contribution in [3.8, 4) is 5.75 Å². The van der Waals surface area contributed by atoms with E-state index in [1.165, 1.54) is 25.3 Å². The van der Waals surface area contributed by atoms with Crippen LogP contribution in [0.5, 0.6) is 5.75 Å². The number of hydrogen-bond donors (Lipinski definition) is 2. The van der Waals surface area contributed by atoms with Crippen LogP contribution < -0.4 is 9.46 Å². The van der Waals surface area contributed by atoms with Gasteiger partial charge in [0.1, 0.15) is 5.75 Å². The number of anilines is 1. The molecule has 0 aliphatic rings. The van der Waals surface area contributed by atoms with Gasteiger partial charge in [-0.3, -0.25) is 4.72 Å². The molecule has 0 aromatic heterocycles. The molecule has 2 N–H and O–H groups in total. The van der Waals surface area contributed by atoms with Gasteiger partial charge in [0.15, 0.2) is 0 Å². The summed E-state index contributed by atoms with van der Waals surface area (Å²) >= 11 is 5.91. The average molecular weight is 328 g/mol. The summed E-state index contributed by atoms with van der Waals surface area (Å²) in [6.45, 7) is -0.248. The van der Waals surface area contributed by atoms with E-state index in [4.69, 9.17) is 21.4 Å². The Morgan fingerprint density at radius 1 is 1.24 bits per heavy atom. The molecular weight excluding hydrogens is 314 g/mol. The SMILES string of the molecule is COc1cccc(NS(=O)(=O)c2ccc(CO)c(Cl)c2)c1. The molecule has 0 unspecified atom stereocenters. The molecule has 0 aliphatic heterocycles. The molecular formula is C14H14ClNO4S. The maximum absolute atomic E-state index is 12.3. The minimum absolute atomic E-state index is 0.0209. The summed E-state index contributed by atoms with van der Waals surface area (Å²) < 4.78 is 32.0. The molecule has 0 saturated carbocycles. The van der Waals surface area contributed by atoms with Crippen LogP contribution in [0.4, 0.5) is 5.69 Å². The standard InChI is InChI=1S/C14H14ClNO4S/c1-20-12-4-2-3-11(7-12)16-21(18,19)13-6-5-10(9-17)14(15)8-13/h2-8,16-17H,9H2,1H3. The van der Waals surface area contributed by atoms with Crippen molar-refractivity contribution in [3.63, 3.8) is 0 Å². The quantitative estimate of drug-likeness (QED) is 0.885. The number of aliphatic hydroxyl groups excluding tert-OH is 1. The fourth-order valence-corrected chi connectivity index (χ4v) is 3.10. The van der Waals surface area contributed by atoms with Gasteiger partial charge in [0.05, 0.1) is 24.3 Å². The predicted octanol–water partition coefficient (Wildman–Crippen LogP) is 2.64. The topological polar surface area (TPSA) is 75.6 Å². The number of nitrogens with one attached hydrogen (secondary N) is 1. The Balaban J connectivity index is 2.31. The van der Waals surface area contributed by atoms with Crippen LogP contribution in [0.3, 0.4) is 0 Å². The Kier molecular flexibility index (Phi) is 4.72. The number of hydrogen-bond acceptors (Lipinski definition) is 4. The van der Waals surface area contributed by atoms with Crippen molar-refractivity contribution < 1.29 is 18.3 Å². The van der Waals surface area contributed by atoms with Crippen LogP contribution in [0.1, 0.15) is 5.56 Å². The van der Waals surface area contributed by atoms with Crippen molar-refractivity contribution >= 4 is 27.3 Å². The van der Waals surface area contributed by atoms with E-state index in [2.05, 4.69) is 4.72 Å². The third kappa shape index (κ3) is 3.66. The van der Waals surface area contributed by atoms with Crippen molar-refractivity contribution in [1.82, 2.24) is 0 Å². The first kappa shape index (κ1) is 15.6. The first-order valence-corrected chi connectivity index (χ1v) is 7.88. The highest BCUT2D eigenvalue weighted by Gasteiger charge is 2.16. The van der Waals surface area contributed by atoms with Gasteiger partial charge in [0, 0.05) is 11.1 Å². The second-order valence-electron chi connectivity index (χ2n) is 4.25. The van der Waals surface area contributed by atoms with Crippen LogP contribution in [0.25, 0.3) is 0 Å². The van der Waals surface area contributed by atoms with E-state index >= 15 is 0 Å². The zero-order chi connectivity index (χ0) is 15.5. The van der Waals surface area contributed by atoms with Gasteiger partial charge in [-0.05, 0) is 29.8 Å². The monoisotopic (exact) mass is 327 g/mol. The van der Waals surface area contributed by atoms with Gasteiger partial charge in [-0.1, -0.05) is 23.7 Å². The van der Waals surface area contributed by atoms with Crippen LogP contribution in [-0.2, 0) is 16.6 Å². The summed E-state index contributed by atoms with van der Waals surface area (Å²) in [6, 6.07) is 10.7. The number of benzene rings is 2. The average Bonchev–Trinajstić information content (AvgIpc) is 2.47. The van der Waals surface area contributed by atoms with Gasteiger partial charge in [0.25, 0.3) is 10.0 Å². The molecule has 2 rings (SSSR count). The maximum Gasteiger partial charge on any atom is 0.261 e. The second kappa shape index (κ2) is 6.34. The zero-order valence-electron chi connectivity index (χ0n) is 11.2. The molecule has 5 nitrogen and oxygen atoms in total. The van der Waals surface area contributed by atoms with Gasteiger partial charge < -0.3 is 9.84 Å². The molecule has 0 bridgehead atoms. The number of aliphatic hydroxyl groups is 1. The van der Waals surface area contributed by atoms with Crippen molar-refractivity contribution in [3.05, 3.63) is 53.1 Å². The molecule has 21 heavy (non-hydrogen) atoms. The van der Waals surface area contributed by atoms with Crippen LogP contribution in [0.15, 0.2) is 47.4 Å². The number of ether oxygens (including phenoxy) is 1. The van der Waals surface area contributed by atoms with E-state index in [0.29, 0.717) is 17.0 Å². The lowest BCUT2D eigenvalue weighted by Gasteiger charge is -2.10. The second-order valence-corrected chi connectivity index (χ2v) is 6.34. The van der Waals surface area contributed by atoms with E-state index in [-0.39, 0.29) is 16.5 Å². The van der Waals surface area contributed by atoms with Gasteiger partial charge >= 0.3 is 0 Å². The Morgan fingerprint density at radius 2 is 2.00 bits per heavy atom. The lowest BCUT2D eigenvalue weighted by Crippen LogP contribution is -2.13. The third-order valence-electron chi connectivity index (χ3n) is 2.83. The largest absolute Gasteiger partial charge is 0.497 e. The van der Waals surface area contributed by atoms with Crippen molar-refractivity contribution in [2.45, 2.75) is 11.5 Å². The Morgan fingerprint density at radius 3 is 2.62 bits per heavy atom. The fourth-order valence-electron chi connectivity index (χ4n) is 1.72. The van der Waals surface area contributed by atoms with Crippen molar-refractivity contribution in [2.24, 2.45) is 0 Å². The molecule has 7 heteroatoms. The number of methoxy groups -OCH3 is 1. The predicted molar refractivity (Wildman–Crippen MR) is 81.2 cm³/mol. The zero-order valence-corrected chi connectivity index (χ0v) is 12.8. The fraction of sp³-hybridized carbons (Fsp3) is 0.143. The van der Waals surface area contributed by atoms with E-state index in [9.17, 15) is 8.42 Å². The smallest absolute Gasteiger partial charge is 0.261 e. The van der Waals surface area contributed by atoms with E-state index in [1.54, 1.807) is 24.3 Å². The first-order valence-electron chi connectivity index (χ1n) is 6.02. The molecule has 2 aromatic rings. The summed E-state index contributed by atoms with van der Waals surface area (Å²) in [4.78, 5) is 0.0209. The van der Waals surface area contributed by atoms with E-state index in [0.717, 1.165) is 0 Å². The lowest BCUT2D eigenvalue weighted by atomic mass is 10.2. The molecule has 0 aliphatic carbocycles. The Labute approximate surface area is 128 Å². The minimum atomic E-state index is -3.76. The molecule has 112 valence electrons. The van der Waals surface area contributed by atoms with Crippen LogP contribution in [-0.4, -0.2) is 20.6 Å². The summed E-state index contributed by atoms with van der Waals surface area (Å²) in [5.41, 5.74) is 0.855. The minimum Gasteiger partial charge on any atom is -0.497 e. The molecule has 0 fully saturated rings. The van der Waals surface area contributed by atoms with Crippen LogP contribution in [0.2, 0.25) is 5.02 Å².